The average Bonchev–Trinajstić information content (AvgIpc) is 2.09. The maximum absolute atomic E-state index is 10.3. The van der Waals surface area contributed by atoms with E-state index >= 15 is 0 Å². The third-order valence-electron chi connectivity index (χ3n) is 1.17. The average molecular weight is 294 g/mol. The molecule has 0 aliphatic heterocycles. The van der Waals surface area contributed by atoms with Crippen LogP contribution in [0.25, 0.3) is 0 Å². The second-order valence-corrected chi connectivity index (χ2v) is 5.36. The van der Waals surface area contributed by atoms with Gasteiger partial charge >= 0.3 is 21.6 Å². The van der Waals surface area contributed by atoms with E-state index in [0.29, 0.717) is 6.42 Å². The molecule has 11 heteroatoms. The van der Waals surface area contributed by atoms with Gasteiger partial charge in [0.05, 0.1) is 7.11 Å². The van der Waals surface area contributed by atoms with Crippen LogP contribution in [0.5, 0.6) is 0 Å². The molecule has 0 spiro atoms. The van der Waals surface area contributed by atoms with Crippen LogP contribution in [0.3, 0.4) is 0 Å². The Kier molecular flexibility index (Phi) is 9.84. The van der Waals surface area contributed by atoms with Crippen molar-refractivity contribution in [3.05, 3.63) is 0 Å². The first kappa shape index (κ1) is 19.1. The van der Waals surface area contributed by atoms with Gasteiger partial charge in [0.25, 0.3) is 0 Å². The fraction of sp³-hybridized carbons (Fsp3) is 0.833. The van der Waals surface area contributed by atoms with Crippen molar-refractivity contribution in [2.45, 2.75) is 26.2 Å². The van der Waals surface area contributed by atoms with E-state index < -0.39 is 15.6 Å². The number of unbranched alkanes of at least 4 members (excludes halogenated alkanes) is 1. The minimum Gasteiger partial charge on any atom is -0.469 e. The fourth-order valence-electron chi connectivity index (χ4n) is 0.562. The third kappa shape index (κ3) is 21.6. The van der Waals surface area contributed by atoms with Crippen LogP contribution in [0, 0.1) is 0 Å². The zero-order valence-corrected chi connectivity index (χ0v) is 11.1. The molecular formula is C6H16O9P2. The van der Waals surface area contributed by atoms with Gasteiger partial charge in [-0.2, -0.15) is 4.31 Å². The zero-order valence-electron chi connectivity index (χ0n) is 9.35. The van der Waals surface area contributed by atoms with Crippen LogP contribution >= 0.6 is 15.6 Å². The van der Waals surface area contributed by atoms with Crippen LogP contribution in [0.2, 0.25) is 0 Å². The predicted molar refractivity (Wildman–Crippen MR) is 56.7 cm³/mol. The first-order chi connectivity index (χ1) is 7.52. The summed E-state index contributed by atoms with van der Waals surface area (Å²) in [6, 6.07) is 0. The van der Waals surface area contributed by atoms with Crippen molar-refractivity contribution in [1.82, 2.24) is 0 Å². The monoisotopic (exact) mass is 294 g/mol. The molecule has 104 valence electrons. The Hall–Kier alpha value is -0.270. The Bertz CT molecular complexity index is 283. The van der Waals surface area contributed by atoms with Crippen LogP contribution in [0.1, 0.15) is 26.2 Å². The molecule has 0 aliphatic rings. The lowest BCUT2D eigenvalue weighted by atomic mass is 10.3. The normalized spacial score (nSPS) is 11.4. The van der Waals surface area contributed by atoms with Crippen LogP contribution in [0.4, 0.5) is 0 Å². The molecule has 0 bridgehead atoms. The number of hydrogen-bond acceptors (Lipinski definition) is 5. The van der Waals surface area contributed by atoms with Gasteiger partial charge in [-0.1, -0.05) is 13.3 Å². The third-order valence-corrected chi connectivity index (χ3v) is 2.88. The van der Waals surface area contributed by atoms with Crippen molar-refractivity contribution >= 4 is 21.6 Å². The highest BCUT2D eigenvalue weighted by Crippen LogP contribution is 2.53. The highest BCUT2D eigenvalue weighted by molar-refractivity contribution is 7.60. The standard InChI is InChI=1S/C6H12O2.H4O7P2/c1-3-4-5-6(7)8-2;1-8(2,3)7-9(4,5)6/h3-5H2,1-2H3;(H2,1,2,3)(H2,4,5,6). The summed E-state index contributed by atoms with van der Waals surface area (Å²) in [5, 5.41) is 0. The van der Waals surface area contributed by atoms with Crippen molar-refractivity contribution in [1.29, 1.82) is 0 Å². The van der Waals surface area contributed by atoms with Crippen LogP contribution in [0.15, 0.2) is 0 Å². The first-order valence-corrected chi connectivity index (χ1v) is 7.47. The molecule has 4 N–H and O–H groups in total. The van der Waals surface area contributed by atoms with Gasteiger partial charge in [-0.25, -0.2) is 9.13 Å². The summed E-state index contributed by atoms with van der Waals surface area (Å²) in [6.45, 7) is 2.04. The molecule has 0 heterocycles. The van der Waals surface area contributed by atoms with Gasteiger partial charge in [-0.05, 0) is 6.42 Å². The Morgan fingerprint density at radius 1 is 1.12 bits per heavy atom. The van der Waals surface area contributed by atoms with Gasteiger partial charge in [-0.3, -0.25) is 4.79 Å². The highest BCUT2D eigenvalue weighted by Gasteiger charge is 2.27. The molecule has 0 rings (SSSR count). The summed E-state index contributed by atoms with van der Waals surface area (Å²) < 4.78 is 26.6. The summed E-state index contributed by atoms with van der Waals surface area (Å²) in [5.41, 5.74) is 0. The quantitative estimate of drug-likeness (QED) is 0.420. The number of carbonyl (C=O) groups excluding carboxylic acids is 1. The molecule has 0 saturated heterocycles. The molecule has 0 aromatic heterocycles. The Morgan fingerprint density at radius 3 is 1.71 bits per heavy atom. The Balaban J connectivity index is 0. The molecule has 0 radical (unpaired) electrons. The van der Waals surface area contributed by atoms with Gasteiger partial charge < -0.3 is 24.3 Å². The number of carbonyl (C=O) groups is 1. The van der Waals surface area contributed by atoms with Gasteiger partial charge in [0.15, 0.2) is 0 Å². The Labute approximate surface area is 98.2 Å². The van der Waals surface area contributed by atoms with Gasteiger partial charge in [0.2, 0.25) is 0 Å². The molecule has 0 atom stereocenters. The lowest BCUT2D eigenvalue weighted by Gasteiger charge is -2.03. The van der Waals surface area contributed by atoms with Gasteiger partial charge in [-0.15, -0.1) is 0 Å². The van der Waals surface area contributed by atoms with Crippen molar-refractivity contribution in [3.63, 3.8) is 0 Å². The summed E-state index contributed by atoms with van der Waals surface area (Å²) in [6.07, 6.45) is 2.55. The maximum Gasteiger partial charge on any atom is 0.478 e. The van der Waals surface area contributed by atoms with Gasteiger partial charge in [0, 0.05) is 6.42 Å². The molecule has 0 aromatic carbocycles. The minimum atomic E-state index is -5.05. The number of ether oxygens (including phenoxy) is 1. The second kappa shape index (κ2) is 8.77. The van der Waals surface area contributed by atoms with Crippen LogP contribution in [-0.4, -0.2) is 32.7 Å². The SMILES string of the molecule is CCCCC(=O)OC.O=P(O)(O)OP(=O)(O)O. The topological polar surface area (TPSA) is 151 Å². The molecule has 9 nitrogen and oxygen atoms in total. The highest BCUT2D eigenvalue weighted by atomic mass is 31.3. The first-order valence-electron chi connectivity index (χ1n) is 4.41. The predicted octanol–water partition coefficient (Wildman–Crippen LogP) is 0.538. The van der Waals surface area contributed by atoms with E-state index in [1.54, 1.807) is 0 Å². The van der Waals surface area contributed by atoms with E-state index in [-0.39, 0.29) is 5.97 Å². The number of esters is 1. The van der Waals surface area contributed by atoms with E-state index in [0.717, 1.165) is 12.8 Å². The molecule has 17 heavy (non-hydrogen) atoms. The lowest BCUT2D eigenvalue weighted by Crippen LogP contribution is -1.98. The minimum absolute atomic E-state index is 0.105. The maximum atomic E-state index is 10.3. The largest absolute Gasteiger partial charge is 0.478 e. The van der Waals surface area contributed by atoms with Crippen molar-refractivity contribution in [2.75, 3.05) is 7.11 Å². The summed E-state index contributed by atoms with van der Waals surface area (Å²) in [7, 11) is -8.69. The summed E-state index contributed by atoms with van der Waals surface area (Å²) >= 11 is 0. The van der Waals surface area contributed by atoms with Crippen molar-refractivity contribution in [3.8, 4) is 0 Å². The van der Waals surface area contributed by atoms with E-state index in [4.69, 9.17) is 19.6 Å². The Morgan fingerprint density at radius 2 is 1.53 bits per heavy atom. The number of rotatable bonds is 5. The number of hydrogen-bond donors (Lipinski definition) is 4. The fourth-order valence-corrected chi connectivity index (χ4v) is 1.67. The van der Waals surface area contributed by atoms with E-state index in [1.807, 2.05) is 6.92 Å². The van der Waals surface area contributed by atoms with Gasteiger partial charge in [0.1, 0.15) is 0 Å². The molecule has 0 saturated carbocycles. The van der Waals surface area contributed by atoms with Crippen molar-refractivity contribution in [2.24, 2.45) is 0 Å². The second-order valence-electron chi connectivity index (χ2n) is 2.74. The molecule has 0 unspecified atom stereocenters. The number of methoxy groups -OCH3 is 1. The molecule has 0 amide bonds. The van der Waals surface area contributed by atoms with E-state index in [2.05, 4.69) is 9.05 Å². The number of phosphoric acid groups is 2. The lowest BCUT2D eigenvalue weighted by molar-refractivity contribution is -0.140. The molecule has 0 aromatic rings. The molecule has 0 fully saturated rings. The van der Waals surface area contributed by atoms with Crippen LogP contribution < -0.4 is 0 Å². The summed E-state index contributed by atoms with van der Waals surface area (Å²) in [4.78, 5) is 41.3. The van der Waals surface area contributed by atoms with E-state index in [9.17, 15) is 13.9 Å². The zero-order chi connectivity index (χ0) is 14.1. The van der Waals surface area contributed by atoms with Crippen molar-refractivity contribution < 1.29 is 42.5 Å². The van der Waals surface area contributed by atoms with Crippen LogP contribution in [-0.2, 0) is 23.0 Å². The summed E-state index contributed by atoms with van der Waals surface area (Å²) in [5.74, 6) is -0.105. The molecular weight excluding hydrogens is 278 g/mol. The molecule has 0 aliphatic carbocycles. The van der Waals surface area contributed by atoms with E-state index in [1.165, 1.54) is 7.11 Å². The smallest absolute Gasteiger partial charge is 0.469 e.